The number of nitrogens with zero attached hydrogens (tertiary/aromatic N) is 2. The Morgan fingerprint density at radius 2 is 2.00 bits per heavy atom. The normalized spacial score (nSPS) is 12.6. The van der Waals surface area contributed by atoms with E-state index in [0.717, 1.165) is 6.42 Å². The smallest absolute Gasteiger partial charge is 0.230 e. The van der Waals surface area contributed by atoms with Gasteiger partial charge in [0, 0.05) is 13.0 Å². The SMILES string of the molecule is CCC(NCc1nnc(C)o1)c1ccccc1. The second-order valence-corrected chi connectivity index (χ2v) is 3.97. The molecule has 4 heteroatoms. The van der Waals surface area contributed by atoms with Crippen molar-refractivity contribution in [3.05, 3.63) is 47.7 Å². The molecule has 1 atom stereocenters. The van der Waals surface area contributed by atoms with Crippen molar-refractivity contribution in [1.29, 1.82) is 0 Å². The number of hydrogen-bond donors (Lipinski definition) is 1. The van der Waals surface area contributed by atoms with Crippen LogP contribution in [-0.2, 0) is 6.54 Å². The molecule has 0 spiro atoms. The van der Waals surface area contributed by atoms with E-state index in [4.69, 9.17) is 4.42 Å². The Morgan fingerprint density at radius 1 is 1.24 bits per heavy atom. The molecular formula is C13H17N3O. The first-order chi connectivity index (χ1) is 8.29. The summed E-state index contributed by atoms with van der Waals surface area (Å²) in [4.78, 5) is 0. The second-order valence-electron chi connectivity index (χ2n) is 3.97. The Morgan fingerprint density at radius 3 is 2.59 bits per heavy atom. The molecule has 0 fully saturated rings. The zero-order chi connectivity index (χ0) is 12.1. The highest BCUT2D eigenvalue weighted by Crippen LogP contribution is 2.16. The van der Waals surface area contributed by atoms with Crippen molar-refractivity contribution in [2.75, 3.05) is 0 Å². The summed E-state index contributed by atoms with van der Waals surface area (Å²) in [6.07, 6.45) is 1.02. The van der Waals surface area contributed by atoms with Crippen LogP contribution in [0, 0.1) is 6.92 Å². The average molecular weight is 231 g/mol. The van der Waals surface area contributed by atoms with Gasteiger partial charge in [-0.15, -0.1) is 10.2 Å². The molecule has 0 amide bonds. The fraction of sp³-hybridized carbons (Fsp3) is 0.385. The molecule has 0 aliphatic heterocycles. The first-order valence-electron chi connectivity index (χ1n) is 5.87. The number of aryl methyl sites for hydroxylation is 1. The molecule has 90 valence electrons. The largest absolute Gasteiger partial charge is 0.424 e. The van der Waals surface area contributed by atoms with Gasteiger partial charge in [-0.25, -0.2) is 0 Å². The Bertz CT molecular complexity index is 453. The van der Waals surface area contributed by atoms with E-state index in [1.54, 1.807) is 6.92 Å². The molecule has 2 rings (SSSR count). The molecule has 0 saturated heterocycles. The molecule has 4 nitrogen and oxygen atoms in total. The summed E-state index contributed by atoms with van der Waals surface area (Å²) in [5, 5.41) is 11.2. The fourth-order valence-electron chi connectivity index (χ4n) is 1.80. The summed E-state index contributed by atoms with van der Waals surface area (Å²) in [7, 11) is 0. The van der Waals surface area contributed by atoms with Crippen LogP contribution in [0.3, 0.4) is 0 Å². The van der Waals surface area contributed by atoms with E-state index in [0.29, 0.717) is 24.4 Å². The molecule has 0 bridgehead atoms. The number of rotatable bonds is 5. The third kappa shape index (κ3) is 3.14. The van der Waals surface area contributed by atoms with E-state index >= 15 is 0 Å². The van der Waals surface area contributed by atoms with Crippen LogP contribution in [0.2, 0.25) is 0 Å². The fourth-order valence-corrected chi connectivity index (χ4v) is 1.80. The van der Waals surface area contributed by atoms with Crippen LogP contribution < -0.4 is 5.32 Å². The van der Waals surface area contributed by atoms with Crippen LogP contribution in [-0.4, -0.2) is 10.2 Å². The predicted octanol–water partition coefficient (Wildman–Crippen LogP) is 2.62. The van der Waals surface area contributed by atoms with Crippen molar-refractivity contribution in [2.24, 2.45) is 0 Å². The molecule has 1 aromatic heterocycles. The van der Waals surface area contributed by atoms with Crippen molar-refractivity contribution in [1.82, 2.24) is 15.5 Å². The van der Waals surface area contributed by atoms with Gasteiger partial charge in [0.05, 0.1) is 6.54 Å². The van der Waals surface area contributed by atoms with E-state index in [-0.39, 0.29) is 0 Å². The summed E-state index contributed by atoms with van der Waals surface area (Å²) in [6.45, 7) is 4.56. The molecule has 1 aromatic carbocycles. The zero-order valence-electron chi connectivity index (χ0n) is 10.2. The monoisotopic (exact) mass is 231 g/mol. The Labute approximate surface area is 101 Å². The summed E-state index contributed by atoms with van der Waals surface area (Å²) in [6, 6.07) is 10.7. The lowest BCUT2D eigenvalue weighted by Gasteiger charge is -2.15. The van der Waals surface area contributed by atoms with Crippen LogP contribution >= 0.6 is 0 Å². The number of nitrogens with one attached hydrogen (secondary N) is 1. The summed E-state index contributed by atoms with van der Waals surface area (Å²) < 4.78 is 5.33. The van der Waals surface area contributed by atoms with Crippen LogP contribution in [0.25, 0.3) is 0 Å². The van der Waals surface area contributed by atoms with Gasteiger partial charge in [-0.2, -0.15) is 0 Å². The second kappa shape index (κ2) is 5.59. The van der Waals surface area contributed by atoms with Gasteiger partial charge in [-0.3, -0.25) is 0 Å². The Kier molecular flexibility index (Phi) is 3.88. The van der Waals surface area contributed by atoms with E-state index in [2.05, 4.69) is 46.7 Å². The molecule has 17 heavy (non-hydrogen) atoms. The van der Waals surface area contributed by atoms with Gasteiger partial charge < -0.3 is 9.73 Å². The summed E-state index contributed by atoms with van der Waals surface area (Å²) >= 11 is 0. The van der Waals surface area contributed by atoms with Gasteiger partial charge in [0.1, 0.15) is 0 Å². The minimum atomic E-state index is 0.323. The molecule has 1 unspecified atom stereocenters. The van der Waals surface area contributed by atoms with Crippen LogP contribution in [0.5, 0.6) is 0 Å². The van der Waals surface area contributed by atoms with Crippen LogP contribution in [0.15, 0.2) is 34.7 Å². The molecule has 0 saturated carbocycles. The maximum Gasteiger partial charge on any atom is 0.230 e. The van der Waals surface area contributed by atoms with Gasteiger partial charge >= 0.3 is 0 Å². The van der Waals surface area contributed by atoms with Crippen LogP contribution in [0.4, 0.5) is 0 Å². The number of hydrogen-bond acceptors (Lipinski definition) is 4. The molecule has 1 N–H and O–H groups in total. The van der Waals surface area contributed by atoms with E-state index in [9.17, 15) is 0 Å². The minimum Gasteiger partial charge on any atom is -0.424 e. The van der Waals surface area contributed by atoms with Crippen molar-refractivity contribution in [2.45, 2.75) is 32.9 Å². The molecular weight excluding hydrogens is 214 g/mol. The maximum absolute atomic E-state index is 5.33. The number of aromatic nitrogens is 2. The number of benzene rings is 1. The quantitative estimate of drug-likeness (QED) is 0.859. The summed E-state index contributed by atoms with van der Waals surface area (Å²) in [5.74, 6) is 1.24. The lowest BCUT2D eigenvalue weighted by Crippen LogP contribution is -2.20. The van der Waals surface area contributed by atoms with Gasteiger partial charge in [-0.1, -0.05) is 37.3 Å². The summed E-state index contributed by atoms with van der Waals surface area (Å²) in [5.41, 5.74) is 1.28. The zero-order valence-corrected chi connectivity index (χ0v) is 10.2. The van der Waals surface area contributed by atoms with Gasteiger partial charge in [-0.05, 0) is 12.0 Å². The Hall–Kier alpha value is -1.68. The molecule has 0 aliphatic rings. The first-order valence-corrected chi connectivity index (χ1v) is 5.87. The van der Waals surface area contributed by atoms with E-state index < -0.39 is 0 Å². The van der Waals surface area contributed by atoms with Crippen molar-refractivity contribution in [3.8, 4) is 0 Å². The minimum absolute atomic E-state index is 0.323. The third-order valence-corrected chi connectivity index (χ3v) is 2.68. The van der Waals surface area contributed by atoms with Crippen molar-refractivity contribution < 1.29 is 4.42 Å². The van der Waals surface area contributed by atoms with E-state index in [1.807, 2.05) is 6.07 Å². The van der Waals surface area contributed by atoms with Crippen molar-refractivity contribution >= 4 is 0 Å². The Balaban J connectivity index is 1.97. The predicted molar refractivity (Wildman–Crippen MR) is 65.3 cm³/mol. The lowest BCUT2D eigenvalue weighted by molar-refractivity contribution is 0.419. The van der Waals surface area contributed by atoms with Crippen LogP contribution in [0.1, 0.15) is 36.7 Å². The highest BCUT2D eigenvalue weighted by atomic mass is 16.4. The van der Waals surface area contributed by atoms with Gasteiger partial charge in [0.15, 0.2) is 0 Å². The molecule has 0 radical (unpaired) electrons. The average Bonchev–Trinajstić information content (AvgIpc) is 2.77. The topological polar surface area (TPSA) is 51.0 Å². The van der Waals surface area contributed by atoms with Crippen molar-refractivity contribution in [3.63, 3.8) is 0 Å². The molecule has 1 heterocycles. The highest BCUT2D eigenvalue weighted by molar-refractivity contribution is 5.18. The van der Waals surface area contributed by atoms with Gasteiger partial charge in [0.2, 0.25) is 11.8 Å². The van der Waals surface area contributed by atoms with Gasteiger partial charge in [0.25, 0.3) is 0 Å². The highest BCUT2D eigenvalue weighted by Gasteiger charge is 2.10. The molecule has 2 aromatic rings. The third-order valence-electron chi connectivity index (χ3n) is 2.68. The standard InChI is InChI=1S/C13H17N3O/c1-3-12(11-7-5-4-6-8-11)14-9-13-16-15-10(2)17-13/h4-8,12,14H,3,9H2,1-2H3. The maximum atomic E-state index is 5.33. The molecule has 0 aliphatic carbocycles. The first kappa shape index (κ1) is 11.8. The van der Waals surface area contributed by atoms with E-state index in [1.165, 1.54) is 5.56 Å². The lowest BCUT2D eigenvalue weighted by atomic mass is 10.1.